The van der Waals surface area contributed by atoms with E-state index in [1.807, 2.05) is 0 Å². The predicted molar refractivity (Wildman–Crippen MR) is 83.1 cm³/mol. The Kier molecular flexibility index (Phi) is 6.46. The second kappa shape index (κ2) is 8.57. The van der Waals surface area contributed by atoms with Gasteiger partial charge in [-0.2, -0.15) is 8.78 Å². The number of alkyl halides is 3. The highest BCUT2D eigenvalue weighted by Crippen LogP contribution is 2.23. The van der Waals surface area contributed by atoms with E-state index in [0.29, 0.717) is 18.4 Å². The van der Waals surface area contributed by atoms with Crippen LogP contribution in [-0.4, -0.2) is 19.9 Å². The summed E-state index contributed by atoms with van der Waals surface area (Å²) < 4.78 is 59.6. The summed E-state index contributed by atoms with van der Waals surface area (Å²) >= 11 is 0. The van der Waals surface area contributed by atoms with Crippen LogP contribution in [0.3, 0.4) is 0 Å². The SMILES string of the molecule is Cc1cc(CCc2ccc(F)c(OCCF)c2)ccc1OC(F)F. The zero-order valence-electron chi connectivity index (χ0n) is 13.2. The predicted octanol–water partition coefficient (Wildman–Crippen LogP) is 4.87. The van der Waals surface area contributed by atoms with E-state index in [9.17, 15) is 17.6 Å². The Balaban J connectivity index is 2.01. The van der Waals surface area contributed by atoms with Gasteiger partial charge in [-0.1, -0.05) is 18.2 Å². The normalized spacial score (nSPS) is 10.9. The van der Waals surface area contributed by atoms with Crippen molar-refractivity contribution in [2.24, 2.45) is 0 Å². The summed E-state index contributed by atoms with van der Waals surface area (Å²) in [6.07, 6.45) is 1.25. The molecule has 0 saturated carbocycles. The fourth-order valence-corrected chi connectivity index (χ4v) is 2.35. The average molecular weight is 342 g/mol. The minimum absolute atomic E-state index is 0.0296. The number of aryl methyl sites for hydroxylation is 3. The molecule has 0 aliphatic heterocycles. The Morgan fingerprint density at radius 1 is 0.958 bits per heavy atom. The lowest BCUT2D eigenvalue weighted by atomic mass is 10.0. The van der Waals surface area contributed by atoms with Crippen molar-refractivity contribution in [2.45, 2.75) is 26.4 Å². The van der Waals surface area contributed by atoms with E-state index in [2.05, 4.69) is 4.74 Å². The van der Waals surface area contributed by atoms with Crippen LogP contribution >= 0.6 is 0 Å². The van der Waals surface area contributed by atoms with Crippen molar-refractivity contribution in [3.63, 3.8) is 0 Å². The van der Waals surface area contributed by atoms with Crippen molar-refractivity contribution in [2.75, 3.05) is 13.3 Å². The van der Waals surface area contributed by atoms with Gasteiger partial charge in [-0.25, -0.2) is 8.78 Å². The van der Waals surface area contributed by atoms with Crippen LogP contribution in [0.2, 0.25) is 0 Å². The molecule has 0 radical (unpaired) electrons. The van der Waals surface area contributed by atoms with Gasteiger partial charge in [0.1, 0.15) is 19.0 Å². The van der Waals surface area contributed by atoms with Gasteiger partial charge in [0.15, 0.2) is 11.6 Å². The molecule has 0 saturated heterocycles. The Labute approximate surface area is 138 Å². The molecule has 2 rings (SSSR count). The Morgan fingerprint density at radius 3 is 2.25 bits per heavy atom. The maximum atomic E-state index is 13.5. The number of benzene rings is 2. The topological polar surface area (TPSA) is 18.5 Å². The quantitative estimate of drug-likeness (QED) is 0.637. The van der Waals surface area contributed by atoms with Gasteiger partial charge in [-0.15, -0.1) is 0 Å². The molecule has 2 aromatic rings. The zero-order chi connectivity index (χ0) is 17.5. The first-order valence-corrected chi connectivity index (χ1v) is 7.51. The molecule has 0 spiro atoms. The molecule has 2 aromatic carbocycles. The molecule has 0 fully saturated rings. The Bertz CT molecular complexity index is 674. The fourth-order valence-electron chi connectivity index (χ4n) is 2.35. The third kappa shape index (κ3) is 5.15. The maximum absolute atomic E-state index is 13.5. The van der Waals surface area contributed by atoms with Crippen LogP contribution < -0.4 is 9.47 Å². The molecule has 24 heavy (non-hydrogen) atoms. The summed E-state index contributed by atoms with van der Waals surface area (Å²) in [4.78, 5) is 0. The molecule has 0 N–H and O–H groups in total. The van der Waals surface area contributed by atoms with E-state index in [0.717, 1.165) is 11.1 Å². The molecule has 0 atom stereocenters. The average Bonchev–Trinajstić information content (AvgIpc) is 2.55. The minimum Gasteiger partial charge on any atom is -0.488 e. The molecule has 0 amide bonds. The molecule has 130 valence electrons. The largest absolute Gasteiger partial charge is 0.488 e. The van der Waals surface area contributed by atoms with Gasteiger partial charge in [0.25, 0.3) is 0 Å². The molecule has 2 nitrogen and oxygen atoms in total. The van der Waals surface area contributed by atoms with Crippen molar-refractivity contribution in [1.29, 1.82) is 0 Å². The van der Waals surface area contributed by atoms with E-state index < -0.39 is 19.1 Å². The molecule has 0 heterocycles. The van der Waals surface area contributed by atoms with Crippen LogP contribution in [-0.2, 0) is 12.8 Å². The van der Waals surface area contributed by atoms with E-state index >= 15 is 0 Å². The minimum atomic E-state index is -2.85. The highest BCUT2D eigenvalue weighted by molar-refractivity contribution is 5.37. The van der Waals surface area contributed by atoms with Crippen LogP contribution in [0, 0.1) is 12.7 Å². The van der Waals surface area contributed by atoms with Crippen LogP contribution in [0.1, 0.15) is 16.7 Å². The van der Waals surface area contributed by atoms with Crippen LogP contribution in [0.4, 0.5) is 17.6 Å². The number of halogens is 4. The van der Waals surface area contributed by atoms with E-state index in [1.54, 1.807) is 31.2 Å². The van der Waals surface area contributed by atoms with Gasteiger partial charge >= 0.3 is 6.61 Å². The summed E-state index contributed by atoms with van der Waals surface area (Å²) in [6, 6.07) is 9.48. The number of ether oxygens (including phenoxy) is 2. The molecule has 0 aromatic heterocycles. The summed E-state index contributed by atoms with van der Waals surface area (Å²) in [7, 11) is 0. The van der Waals surface area contributed by atoms with Crippen molar-refractivity contribution < 1.29 is 27.0 Å². The van der Waals surface area contributed by atoms with Crippen molar-refractivity contribution in [3.05, 3.63) is 58.9 Å². The van der Waals surface area contributed by atoms with Crippen LogP contribution in [0.5, 0.6) is 11.5 Å². The molecule has 0 unspecified atom stereocenters. The lowest BCUT2D eigenvalue weighted by Crippen LogP contribution is -2.04. The molecular weight excluding hydrogens is 324 g/mol. The summed E-state index contributed by atoms with van der Waals surface area (Å²) in [5, 5.41) is 0. The smallest absolute Gasteiger partial charge is 0.387 e. The van der Waals surface area contributed by atoms with Crippen molar-refractivity contribution in [3.8, 4) is 11.5 Å². The monoisotopic (exact) mass is 342 g/mol. The molecule has 6 heteroatoms. The third-order valence-corrected chi connectivity index (χ3v) is 3.49. The van der Waals surface area contributed by atoms with E-state index in [4.69, 9.17) is 4.74 Å². The first-order valence-electron chi connectivity index (χ1n) is 7.51. The lowest BCUT2D eigenvalue weighted by Gasteiger charge is -2.10. The second-order valence-corrected chi connectivity index (χ2v) is 5.28. The number of hydrogen-bond donors (Lipinski definition) is 0. The van der Waals surface area contributed by atoms with Gasteiger partial charge in [-0.05, 0) is 54.7 Å². The van der Waals surface area contributed by atoms with Crippen molar-refractivity contribution >= 4 is 0 Å². The van der Waals surface area contributed by atoms with Gasteiger partial charge < -0.3 is 9.47 Å². The Hall–Kier alpha value is -2.24. The molecular formula is C18H18F4O2. The van der Waals surface area contributed by atoms with Crippen LogP contribution in [0.15, 0.2) is 36.4 Å². The van der Waals surface area contributed by atoms with Gasteiger partial charge in [-0.3, -0.25) is 0 Å². The first kappa shape index (κ1) is 18.1. The standard InChI is InChI=1S/C18H18F4O2/c1-12-10-13(5-7-16(12)24-18(21)22)2-3-14-4-6-15(20)17(11-14)23-9-8-19/h4-7,10-11,18H,2-3,8-9H2,1H3. The summed E-state index contributed by atoms with van der Waals surface area (Å²) in [6.45, 7) is -2.03. The summed E-state index contributed by atoms with van der Waals surface area (Å²) in [5.74, 6) is -0.351. The lowest BCUT2D eigenvalue weighted by molar-refractivity contribution is -0.0503. The van der Waals surface area contributed by atoms with E-state index in [-0.39, 0.29) is 18.1 Å². The molecule has 0 aliphatic rings. The molecule has 0 aliphatic carbocycles. The third-order valence-electron chi connectivity index (χ3n) is 3.49. The number of hydrogen-bond acceptors (Lipinski definition) is 2. The maximum Gasteiger partial charge on any atom is 0.387 e. The van der Waals surface area contributed by atoms with Gasteiger partial charge in [0.2, 0.25) is 0 Å². The Morgan fingerprint density at radius 2 is 1.62 bits per heavy atom. The van der Waals surface area contributed by atoms with E-state index in [1.165, 1.54) is 12.1 Å². The van der Waals surface area contributed by atoms with Gasteiger partial charge in [0, 0.05) is 0 Å². The van der Waals surface area contributed by atoms with Gasteiger partial charge in [0.05, 0.1) is 0 Å². The first-order chi connectivity index (χ1) is 11.5. The number of rotatable bonds is 8. The zero-order valence-corrected chi connectivity index (χ0v) is 13.2. The highest BCUT2D eigenvalue weighted by atomic mass is 19.3. The second-order valence-electron chi connectivity index (χ2n) is 5.28. The van der Waals surface area contributed by atoms with Crippen molar-refractivity contribution in [1.82, 2.24) is 0 Å². The molecule has 0 bridgehead atoms. The van der Waals surface area contributed by atoms with Crippen LogP contribution in [0.25, 0.3) is 0 Å². The highest BCUT2D eigenvalue weighted by Gasteiger charge is 2.09. The summed E-state index contributed by atoms with van der Waals surface area (Å²) in [5.41, 5.74) is 2.42. The fraction of sp³-hybridized carbons (Fsp3) is 0.333.